The van der Waals surface area contributed by atoms with Crippen LogP contribution < -0.4 is 10.2 Å². The Morgan fingerprint density at radius 3 is 2.76 bits per heavy atom. The van der Waals surface area contributed by atoms with Crippen molar-refractivity contribution in [3.05, 3.63) is 23.4 Å². The van der Waals surface area contributed by atoms with Crippen molar-refractivity contribution in [1.29, 1.82) is 0 Å². The molecule has 1 aromatic heterocycles. The average Bonchev–Trinajstić information content (AvgIpc) is 3.28. The van der Waals surface area contributed by atoms with Gasteiger partial charge in [0.1, 0.15) is 5.82 Å². The molecule has 1 fully saturated rings. The molecular formula is C18H27N3. The lowest BCUT2D eigenvalue weighted by molar-refractivity contribution is 0.712. The lowest BCUT2D eigenvalue weighted by Crippen LogP contribution is -2.27. The quantitative estimate of drug-likeness (QED) is 0.744. The van der Waals surface area contributed by atoms with E-state index in [0.29, 0.717) is 12.5 Å². The summed E-state index contributed by atoms with van der Waals surface area (Å²) < 4.78 is 0. The molecule has 0 spiro atoms. The standard InChI is InChI=1S/C18H27N3/c1-5-9-21(13-15-7-8-15)18-11-16(12-19-6-2)10-17(20-18)14(3)4/h1,10-11,14-15,19H,6-9,12-13H2,2-4H3. The van der Waals surface area contributed by atoms with Gasteiger partial charge in [-0.15, -0.1) is 6.42 Å². The molecular weight excluding hydrogens is 258 g/mol. The zero-order chi connectivity index (χ0) is 15.2. The van der Waals surface area contributed by atoms with Crippen LogP contribution in [0.4, 0.5) is 5.82 Å². The molecule has 0 aromatic carbocycles. The van der Waals surface area contributed by atoms with Crippen LogP contribution in [-0.4, -0.2) is 24.6 Å². The molecule has 114 valence electrons. The summed E-state index contributed by atoms with van der Waals surface area (Å²) in [6, 6.07) is 4.40. The summed E-state index contributed by atoms with van der Waals surface area (Å²) in [7, 11) is 0. The van der Waals surface area contributed by atoms with E-state index in [1.54, 1.807) is 0 Å². The van der Waals surface area contributed by atoms with Gasteiger partial charge in [0.05, 0.1) is 6.54 Å². The van der Waals surface area contributed by atoms with Gasteiger partial charge < -0.3 is 10.2 Å². The lowest BCUT2D eigenvalue weighted by atomic mass is 10.1. The van der Waals surface area contributed by atoms with Crippen LogP contribution in [0.1, 0.15) is 50.8 Å². The maximum absolute atomic E-state index is 5.55. The van der Waals surface area contributed by atoms with E-state index in [0.717, 1.165) is 37.1 Å². The first-order valence-corrected chi connectivity index (χ1v) is 8.04. The molecule has 0 bridgehead atoms. The monoisotopic (exact) mass is 285 g/mol. The van der Waals surface area contributed by atoms with Crippen LogP contribution in [0.5, 0.6) is 0 Å². The predicted molar refractivity (Wildman–Crippen MR) is 89.5 cm³/mol. The summed E-state index contributed by atoms with van der Waals surface area (Å²) in [5, 5.41) is 3.40. The molecule has 3 nitrogen and oxygen atoms in total. The van der Waals surface area contributed by atoms with Gasteiger partial charge in [0.15, 0.2) is 0 Å². The molecule has 1 aliphatic carbocycles. The Hall–Kier alpha value is -1.53. The summed E-state index contributed by atoms with van der Waals surface area (Å²) in [5.74, 6) is 5.06. The minimum atomic E-state index is 0.430. The Morgan fingerprint density at radius 1 is 1.43 bits per heavy atom. The van der Waals surface area contributed by atoms with E-state index in [9.17, 15) is 0 Å². The molecule has 1 saturated carbocycles. The van der Waals surface area contributed by atoms with Crippen molar-refractivity contribution < 1.29 is 0 Å². The van der Waals surface area contributed by atoms with Gasteiger partial charge in [0, 0.05) is 18.8 Å². The molecule has 1 aliphatic rings. The number of nitrogens with zero attached hydrogens (tertiary/aromatic N) is 2. The summed E-state index contributed by atoms with van der Waals surface area (Å²) in [5.41, 5.74) is 2.45. The van der Waals surface area contributed by atoms with Crippen LogP contribution >= 0.6 is 0 Å². The third-order valence-corrected chi connectivity index (χ3v) is 3.84. The zero-order valence-electron chi connectivity index (χ0n) is 13.5. The SMILES string of the molecule is C#CCN(CC1CC1)c1cc(CNCC)cc(C(C)C)n1. The molecule has 1 aromatic rings. The summed E-state index contributed by atoms with van der Waals surface area (Å²) in [4.78, 5) is 7.11. The minimum Gasteiger partial charge on any atom is -0.345 e. The second-order valence-electron chi connectivity index (χ2n) is 6.22. The number of pyridine rings is 1. The smallest absolute Gasteiger partial charge is 0.129 e. The normalized spacial score (nSPS) is 14.2. The van der Waals surface area contributed by atoms with Crippen molar-refractivity contribution in [2.45, 2.75) is 46.1 Å². The van der Waals surface area contributed by atoms with Crippen molar-refractivity contribution in [2.75, 3.05) is 24.5 Å². The lowest BCUT2D eigenvalue weighted by Gasteiger charge is -2.23. The van der Waals surface area contributed by atoms with Gasteiger partial charge in [0.2, 0.25) is 0 Å². The van der Waals surface area contributed by atoms with E-state index in [4.69, 9.17) is 11.4 Å². The zero-order valence-corrected chi connectivity index (χ0v) is 13.5. The highest BCUT2D eigenvalue weighted by molar-refractivity contribution is 5.45. The minimum absolute atomic E-state index is 0.430. The van der Waals surface area contributed by atoms with Crippen LogP contribution in [0.3, 0.4) is 0 Å². The Balaban J connectivity index is 2.25. The average molecular weight is 285 g/mol. The van der Waals surface area contributed by atoms with Crippen LogP contribution in [0, 0.1) is 18.3 Å². The van der Waals surface area contributed by atoms with Crippen LogP contribution in [-0.2, 0) is 6.54 Å². The molecule has 3 heteroatoms. The first kappa shape index (κ1) is 15.9. The highest BCUT2D eigenvalue weighted by atomic mass is 15.2. The topological polar surface area (TPSA) is 28.2 Å². The molecule has 0 amide bonds. The summed E-state index contributed by atoms with van der Waals surface area (Å²) in [6.45, 7) is 10.1. The Morgan fingerprint density at radius 2 is 2.19 bits per heavy atom. The molecule has 0 aliphatic heterocycles. The maximum Gasteiger partial charge on any atom is 0.129 e. The maximum atomic E-state index is 5.55. The second-order valence-corrected chi connectivity index (χ2v) is 6.22. The fourth-order valence-electron chi connectivity index (χ4n) is 2.38. The second kappa shape index (κ2) is 7.47. The largest absolute Gasteiger partial charge is 0.345 e. The number of terminal acetylenes is 1. The summed E-state index contributed by atoms with van der Waals surface area (Å²) in [6.07, 6.45) is 8.20. The number of anilines is 1. The van der Waals surface area contributed by atoms with E-state index < -0.39 is 0 Å². The van der Waals surface area contributed by atoms with Crippen molar-refractivity contribution in [2.24, 2.45) is 5.92 Å². The molecule has 1 heterocycles. The fourth-order valence-corrected chi connectivity index (χ4v) is 2.38. The number of nitrogens with one attached hydrogen (secondary N) is 1. The molecule has 0 atom stereocenters. The van der Waals surface area contributed by atoms with Gasteiger partial charge in [-0.2, -0.15) is 0 Å². The molecule has 0 unspecified atom stereocenters. The molecule has 21 heavy (non-hydrogen) atoms. The van der Waals surface area contributed by atoms with Crippen LogP contribution in [0.25, 0.3) is 0 Å². The first-order valence-electron chi connectivity index (χ1n) is 8.04. The molecule has 0 saturated heterocycles. The van der Waals surface area contributed by atoms with Crippen molar-refractivity contribution in [3.63, 3.8) is 0 Å². The number of hydrogen-bond acceptors (Lipinski definition) is 3. The van der Waals surface area contributed by atoms with Gasteiger partial charge in [0.25, 0.3) is 0 Å². The van der Waals surface area contributed by atoms with Gasteiger partial charge >= 0.3 is 0 Å². The van der Waals surface area contributed by atoms with E-state index in [1.807, 2.05) is 0 Å². The van der Waals surface area contributed by atoms with Crippen molar-refractivity contribution >= 4 is 5.82 Å². The Kier molecular flexibility index (Phi) is 5.64. The molecule has 2 rings (SSSR count). The van der Waals surface area contributed by atoms with E-state index in [2.05, 4.69) is 49.0 Å². The van der Waals surface area contributed by atoms with Crippen molar-refractivity contribution in [3.8, 4) is 12.3 Å². The van der Waals surface area contributed by atoms with E-state index in [1.165, 1.54) is 18.4 Å². The summed E-state index contributed by atoms with van der Waals surface area (Å²) >= 11 is 0. The first-order chi connectivity index (χ1) is 10.1. The highest BCUT2D eigenvalue weighted by Crippen LogP contribution is 2.31. The van der Waals surface area contributed by atoms with Crippen LogP contribution in [0.2, 0.25) is 0 Å². The third kappa shape index (κ3) is 4.75. The molecule has 0 radical (unpaired) electrons. The van der Waals surface area contributed by atoms with E-state index in [-0.39, 0.29) is 0 Å². The van der Waals surface area contributed by atoms with Gasteiger partial charge in [-0.1, -0.05) is 26.7 Å². The van der Waals surface area contributed by atoms with E-state index >= 15 is 0 Å². The highest BCUT2D eigenvalue weighted by Gasteiger charge is 2.25. The van der Waals surface area contributed by atoms with Gasteiger partial charge in [-0.05, 0) is 48.9 Å². The predicted octanol–water partition coefficient (Wildman–Crippen LogP) is 3.16. The van der Waals surface area contributed by atoms with Gasteiger partial charge in [-0.3, -0.25) is 0 Å². The molecule has 1 N–H and O–H groups in total. The van der Waals surface area contributed by atoms with Crippen molar-refractivity contribution in [1.82, 2.24) is 10.3 Å². The van der Waals surface area contributed by atoms with Gasteiger partial charge in [-0.25, -0.2) is 4.98 Å². The third-order valence-electron chi connectivity index (χ3n) is 3.84. The van der Waals surface area contributed by atoms with Crippen LogP contribution in [0.15, 0.2) is 12.1 Å². The fraction of sp³-hybridized carbons (Fsp3) is 0.611. The number of aromatic nitrogens is 1. The Labute approximate surface area is 129 Å². The number of rotatable bonds is 8. The number of hydrogen-bond donors (Lipinski definition) is 1. The Bertz CT molecular complexity index is 498.